The fourth-order valence-corrected chi connectivity index (χ4v) is 2.31. The predicted molar refractivity (Wildman–Crippen MR) is 79.7 cm³/mol. The first-order valence-corrected chi connectivity index (χ1v) is 6.89. The van der Waals surface area contributed by atoms with Crippen LogP contribution >= 0.6 is 0 Å². The molecule has 2 aromatic rings. The maximum Gasteiger partial charge on any atom is 0.228 e. The summed E-state index contributed by atoms with van der Waals surface area (Å²) in [5.74, 6) is 1.31. The van der Waals surface area contributed by atoms with Crippen molar-refractivity contribution in [3.63, 3.8) is 0 Å². The van der Waals surface area contributed by atoms with Crippen molar-refractivity contribution >= 4 is 5.95 Å². The van der Waals surface area contributed by atoms with Crippen LogP contribution in [0.3, 0.4) is 0 Å². The molecule has 0 radical (unpaired) electrons. The normalized spacial score (nSPS) is 15.7. The summed E-state index contributed by atoms with van der Waals surface area (Å²) in [5, 5.41) is 8.98. The van der Waals surface area contributed by atoms with Crippen molar-refractivity contribution in [2.45, 2.75) is 0 Å². The Kier molecular flexibility index (Phi) is 3.75. The van der Waals surface area contributed by atoms with Crippen molar-refractivity contribution in [3.8, 4) is 17.5 Å². The minimum atomic E-state index is 0.606. The summed E-state index contributed by atoms with van der Waals surface area (Å²) in [5.41, 5.74) is 1.45. The first-order chi connectivity index (χ1) is 10.3. The molecule has 1 saturated heterocycles. The summed E-state index contributed by atoms with van der Waals surface area (Å²) in [6.45, 7) is 3.84. The molecule has 6 nitrogen and oxygen atoms in total. The number of hydrogen-bond donors (Lipinski definition) is 0. The Bertz CT molecular complexity index is 670. The largest absolute Gasteiger partial charge is 0.338 e. The van der Waals surface area contributed by atoms with E-state index < -0.39 is 0 Å². The van der Waals surface area contributed by atoms with E-state index in [-0.39, 0.29) is 0 Å². The highest BCUT2D eigenvalue weighted by atomic mass is 15.3. The molecule has 0 atom stereocenters. The van der Waals surface area contributed by atoms with E-state index in [9.17, 15) is 0 Å². The topological polar surface area (TPSA) is 68.9 Å². The zero-order chi connectivity index (χ0) is 14.7. The molecular formula is C15H16N6. The zero-order valence-electron chi connectivity index (χ0n) is 11.9. The maximum atomic E-state index is 8.98. The van der Waals surface area contributed by atoms with Crippen molar-refractivity contribution in [1.82, 2.24) is 19.9 Å². The fourth-order valence-electron chi connectivity index (χ4n) is 2.31. The first-order valence-electron chi connectivity index (χ1n) is 6.89. The van der Waals surface area contributed by atoms with E-state index in [1.807, 2.05) is 12.1 Å². The molecular weight excluding hydrogens is 264 g/mol. The van der Waals surface area contributed by atoms with Gasteiger partial charge in [-0.25, -0.2) is 9.97 Å². The number of rotatable bonds is 2. The summed E-state index contributed by atoms with van der Waals surface area (Å²) < 4.78 is 0. The molecule has 0 spiro atoms. The van der Waals surface area contributed by atoms with Crippen LogP contribution < -0.4 is 4.90 Å². The lowest BCUT2D eigenvalue weighted by Gasteiger charge is -2.32. The summed E-state index contributed by atoms with van der Waals surface area (Å²) in [7, 11) is 2.11. The van der Waals surface area contributed by atoms with Crippen LogP contribution in [0.15, 0.2) is 30.6 Å². The second kappa shape index (κ2) is 5.85. The Morgan fingerprint density at radius 1 is 1.14 bits per heavy atom. The summed E-state index contributed by atoms with van der Waals surface area (Å²) >= 11 is 0. The standard InChI is InChI=1S/C15H16N6/c1-20-5-7-21(8-6-20)15-18-11-17-14(19-15)13-4-2-3-12(9-13)10-16/h2-4,9,11H,5-8H2,1H3. The molecule has 0 unspecified atom stereocenters. The lowest BCUT2D eigenvalue weighted by Crippen LogP contribution is -2.45. The van der Waals surface area contributed by atoms with Gasteiger partial charge >= 0.3 is 0 Å². The van der Waals surface area contributed by atoms with Gasteiger partial charge < -0.3 is 9.80 Å². The Morgan fingerprint density at radius 3 is 2.71 bits per heavy atom. The van der Waals surface area contributed by atoms with Crippen LogP contribution in [0.25, 0.3) is 11.4 Å². The molecule has 21 heavy (non-hydrogen) atoms. The van der Waals surface area contributed by atoms with E-state index >= 15 is 0 Å². The van der Waals surface area contributed by atoms with Gasteiger partial charge in [-0.3, -0.25) is 0 Å². The zero-order valence-corrected chi connectivity index (χ0v) is 11.9. The second-order valence-electron chi connectivity index (χ2n) is 5.09. The molecule has 0 amide bonds. The predicted octanol–water partition coefficient (Wildman–Crippen LogP) is 1.16. The van der Waals surface area contributed by atoms with Crippen molar-refractivity contribution in [2.24, 2.45) is 0 Å². The highest BCUT2D eigenvalue weighted by Gasteiger charge is 2.17. The van der Waals surface area contributed by atoms with E-state index in [4.69, 9.17) is 5.26 Å². The molecule has 2 heterocycles. The number of nitriles is 1. The van der Waals surface area contributed by atoms with E-state index in [0.29, 0.717) is 17.3 Å². The quantitative estimate of drug-likeness (QED) is 0.822. The van der Waals surface area contributed by atoms with Gasteiger partial charge in [0.15, 0.2) is 5.82 Å². The van der Waals surface area contributed by atoms with Gasteiger partial charge in [-0.1, -0.05) is 12.1 Å². The van der Waals surface area contributed by atoms with Crippen molar-refractivity contribution in [1.29, 1.82) is 5.26 Å². The molecule has 1 aliphatic rings. The highest BCUT2D eigenvalue weighted by molar-refractivity contribution is 5.58. The number of benzene rings is 1. The van der Waals surface area contributed by atoms with Crippen LogP contribution in [0, 0.1) is 11.3 Å². The molecule has 3 rings (SSSR count). The van der Waals surface area contributed by atoms with Crippen LogP contribution in [-0.2, 0) is 0 Å². The third-order valence-corrected chi connectivity index (χ3v) is 3.60. The van der Waals surface area contributed by atoms with Gasteiger partial charge in [0.1, 0.15) is 6.33 Å². The van der Waals surface area contributed by atoms with Crippen LogP contribution in [0.1, 0.15) is 5.56 Å². The minimum Gasteiger partial charge on any atom is -0.338 e. The van der Waals surface area contributed by atoms with E-state index in [0.717, 1.165) is 31.7 Å². The summed E-state index contributed by atoms with van der Waals surface area (Å²) in [6, 6.07) is 9.44. The van der Waals surface area contributed by atoms with Gasteiger partial charge in [0, 0.05) is 31.7 Å². The monoisotopic (exact) mass is 280 g/mol. The third-order valence-electron chi connectivity index (χ3n) is 3.60. The number of nitrogens with zero attached hydrogens (tertiary/aromatic N) is 6. The van der Waals surface area contributed by atoms with Crippen LogP contribution in [0.2, 0.25) is 0 Å². The SMILES string of the molecule is CN1CCN(c2ncnc(-c3cccc(C#N)c3)n2)CC1. The van der Waals surface area contributed by atoms with E-state index in [1.54, 1.807) is 12.1 Å². The molecule has 0 saturated carbocycles. The smallest absolute Gasteiger partial charge is 0.228 e. The van der Waals surface area contributed by atoms with Gasteiger partial charge in [-0.05, 0) is 19.2 Å². The van der Waals surface area contributed by atoms with Crippen molar-refractivity contribution < 1.29 is 0 Å². The number of aromatic nitrogens is 3. The second-order valence-corrected chi connectivity index (χ2v) is 5.09. The Labute approximate surface area is 123 Å². The lowest BCUT2D eigenvalue weighted by atomic mass is 10.1. The van der Waals surface area contributed by atoms with E-state index in [2.05, 4.69) is 37.9 Å². The average molecular weight is 280 g/mol. The number of hydrogen-bond acceptors (Lipinski definition) is 6. The van der Waals surface area contributed by atoms with Crippen LogP contribution in [0.5, 0.6) is 0 Å². The van der Waals surface area contributed by atoms with Gasteiger partial charge in [0.05, 0.1) is 11.6 Å². The first kappa shape index (κ1) is 13.5. The maximum absolute atomic E-state index is 8.98. The molecule has 0 aliphatic carbocycles. The molecule has 1 aromatic heterocycles. The molecule has 1 fully saturated rings. The Balaban J connectivity index is 1.88. The van der Waals surface area contributed by atoms with Gasteiger partial charge in [-0.15, -0.1) is 0 Å². The highest BCUT2D eigenvalue weighted by Crippen LogP contribution is 2.18. The van der Waals surface area contributed by atoms with Crippen LogP contribution in [0.4, 0.5) is 5.95 Å². The van der Waals surface area contributed by atoms with Gasteiger partial charge in [0.2, 0.25) is 5.95 Å². The summed E-state index contributed by atoms with van der Waals surface area (Å²) in [6.07, 6.45) is 1.54. The molecule has 6 heteroatoms. The van der Waals surface area contributed by atoms with Gasteiger partial charge in [0.25, 0.3) is 0 Å². The number of likely N-dealkylation sites (N-methyl/N-ethyl adjacent to an activating group) is 1. The number of piperazine rings is 1. The Hall–Kier alpha value is -2.52. The lowest BCUT2D eigenvalue weighted by molar-refractivity contribution is 0.311. The summed E-state index contributed by atoms with van der Waals surface area (Å²) in [4.78, 5) is 17.5. The van der Waals surface area contributed by atoms with E-state index in [1.165, 1.54) is 6.33 Å². The fraction of sp³-hybridized carbons (Fsp3) is 0.333. The Morgan fingerprint density at radius 2 is 1.95 bits per heavy atom. The molecule has 0 bridgehead atoms. The molecule has 106 valence electrons. The molecule has 1 aromatic carbocycles. The minimum absolute atomic E-state index is 0.606. The van der Waals surface area contributed by atoms with Gasteiger partial charge in [-0.2, -0.15) is 10.2 Å². The average Bonchev–Trinajstić information content (AvgIpc) is 2.56. The molecule has 1 aliphatic heterocycles. The van der Waals surface area contributed by atoms with Crippen molar-refractivity contribution in [3.05, 3.63) is 36.2 Å². The van der Waals surface area contributed by atoms with Crippen LogP contribution in [-0.4, -0.2) is 53.1 Å². The van der Waals surface area contributed by atoms with Crippen molar-refractivity contribution in [2.75, 3.05) is 38.1 Å². The molecule has 0 N–H and O–H groups in total. The number of anilines is 1. The third kappa shape index (κ3) is 2.98.